The third-order valence-electron chi connectivity index (χ3n) is 2.23. The van der Waals surface area contributed by atoms with Gasteiger partial charge in [-0.2, -0.15) is 0 Å². The highest BCUT2D eigenvalue weighted by Crippen LogP contribution is 2.22. The highest BCUT2D eigenvalue weighted by Gasteiger charge is 2.30. The maximum atomic E-state index is 11.9. The average Bonchev–Trinajstić information content (AvgIpc) is 2.25. The number of halogens is 3. The van der Waals surface area contributed by atoms with E-state index in [4.69, 9.17) is 0 Å². The van der Waals surface area contributed by atoms with Crippen LogP contribution in [0.25, 0.3) is 0 Å². The first kappa shape index (κ1) is 13.8. The van der Waals surface area contributed by atoms with E-state index in [1.54, 1.807) is 12.1 Å². The van der Waals surface area contributed by atoms with Gasteiger partial charge in [0.25, 0.3) is 0 Å². The molecule has 2 nitrogen and oxygen atoms in total. The first-order valence-corrected chi connectivity index (χ1v) is 5.56. The van der Waals surface area contributed by atoms with Crippen LogP contribution in [0, 0.1) is 0 Å². The molecule has 0 heterocycles. The van der Waals surface area contributed by atoms with Gasteiger partial charge in [-0.15, -0.1) is 13.2 Å². The molecule has 0 aliphatic rings. The molecule has 0 atom stereocenters. The van der Waals surface area contributed by atoms with Crippen molar-refractivity contribution in [3.05, 3.63) is 29.8 Å². The molecule has 0 aromatic heterocycles. The fourth-order valence-corrected chi connectivity index (χ4v) is 1.45. The predicted molar refractivity (Wildman–Crippen MR) is 60.0 cm³/mol. The lowest BCUT2D eigenvalue weighted by Gasteiger charge is -2.09. The summed E-state index contributed by atoms with van der Waals surface area (Å²) in [5.74, 6) is -0.173. The summed E-state index contributed by atoms with van der Waals surface area (Å²) in [7, 11) is 0. The zero-order valence-electron chi connectivity index (χ0n) is 9.68. The maximum Gasteiger partial charge on any atom is 0.573 e. The Bertz CT molecular complexity index is 322. The first-order chi connectivity index (χ1) is 8.01. The van der Waals surface area contributed by atoms with Crippen molar-refractivity contribution in [2.75, 3.05) is 13.1 Å². The Morgan fingerprint density at radius 3 is 2.35 bits per heavy atom. The van der Waals surface area contributed by atoms with Crippen molar-refractivity contribution < 1.29 is 17.9 Å². The molecule has 0 amide bonds. The van der Waals surface area contributed by atoms with Crippen LogP contribution in [0.1, 0.15) is 18.9 Å². The molecule has 0 spiro atoms. The number of ether oxygens (including phenoxy) is 1. The molecule has 0 radical (unpaired) electrons. The predicted octanol–water partition coefficient (Wildman–Crippen LogP) is 3.13. The maximum absolute atomic E-state index is 11.9. The van der Waals surface area contributed by atoms with Crippen LogP contribution in [0.2, 0.25) is 0 Å². The lowest BCUT2D eigenvalue weighted by atomic mass is 10.1. The quantitative estimate of drug-likeness (QED) is 0.780. The van der Waals surface area contributed by atoms with E-state index >= 15 is 0 Å². The molecule has 0 bridgehead atoms. The van der Waals surface area contributed by atoms with Gasteiger partial charge < -0.3 is 10.1 Å². The molecule has 0 saturated carbocycles. The van der Waals surface area contributed by atoms with E-state index in [-0.39, 0.29) is 5.75 Å². The lowest BCUT2D eigenvalue weighted by Crippen LogP contribution is -2.17. The van der Waals surface area contributed by atoms with Crippen LogP contribution in [0.15, 0.2) is 24.3 Å². The third kappa shape index (κ3) is 6.16. The Kier molecular flexibility index (Phi) is 5.28. The molecule has 0 fully saturated rings. The van der Waals surface area contributed by atoms with Crippen molar-refractivity contribution in [3.63, 3.8) is 0 Å². The van der Waals surface area contributed by atoms with Crippen LogP contribution in [0.3, 0.4) is 0 Å². The Morgan fingerprint density at radius 2 is 1.82 bits per heavy atom. The molecule has 1 aromatic rings. The van der Waals surface area contributed by atoms with Gasteiger partial charge in [0.15, 0.2) is 0 Å². The molecule has 1 aromatic carbocycles. The van der Waals surface area contributed by atoms with Crippen molar-refractivity contribution >= 4 is 0 Å². The van der Waals surface area contributed by atoms with Gasteiger partial charge in [0.2, 0.25) is 0 Å². The molecule has 1 rings (SSSR count). The SMILES string of the molecule is CCNCCCc1ccc(OC(F)(F)F)cc1. The summed E-state index contributed by atoms with van der Waals surface area (Å²) in [6, 6.07) is 6.01. The molecule has 17 heavy (non-hydrogen) atoms. The first-order valence-electron chi connectivity index (χ1n) is 5.56. The van der Waals surface area contributed by atoms with Gasteiger partial charge in [-0.05, 0) is 43.6 Å². The number of hydrogen-bond donors (Lipinski definition) is 1. The lowest BCUT2D eigenvalue weighted by molar-refractivity contribution is -0.274. The van der Waals surface area contributed by atoms with Crippen molar-refractivity contribution in [1.82, 2.24) is 5.32 Å². The Hall–Kier alpha value is -1.23. The summed E-state index contributed by atoms with van der Waals surface area (Å²) in [6.07, 6.45) is -2.81. The Balaban J connectivity index is 2.39. The Labute approximate surface area is 98.8 Å². The monoisotopic (exact) mass is 247 g/mol. The number of nitrogens with one attached hydrogen (secondary N) is 1. The molecule has 1 N–H and O–H groups in total. The fraction of sp³-hybridized carbons (Fsp3) is 0.500. The van der Waals surface area contributed by atoms with Crippen molar-refractivity contribution in [1.29, 1.82) is 0 Å². The minimum absolute atomic E-state index is 0.173. The van der Waals surface area contributed by atoms with Gasteiger partial charge >= 0.3 is 6.36 Å². The van der Waals surface area contributed by atoms with Crippen LogP contribution in [-0.4, -0.2) is 19.5 Å². The highest BCUT2D eigenvalue weighted by molar-refractivity contribution is 5.27. The van der Waals surface area contributed by atoms with E-state index in [0.717, 1.165) is 31.5 Å². The van der Waals surface area contributed by atoms with Gasteiger partial charge in [0.05, 0.1) is 0 Å². The second-order valence-corrected chi connectivity index (χ2v) is 3.65. The fourth-order valence-electron chi connectivity index (χ4n) is 1.45. The molecule has 0 saturated heterocycles. The van der Waals surface area contributed by atoms with Gasteiger partial charge in [-0.25, -0.2) is 0 Å². The topological polar surface area (TPSA) is 21.3 Å². The summed E-state index contributed by atoms with van der Waals surface area (Å²) in [5, 5.41) is 3.19. The van der Waals surface area contributed by atoms with Gasteiger partial charge in [0.1, 0.15) is 5.75 Å². The molecule has 0 aliphatic carbocycles. The van der Waals surface area contributed by atoms with Crippen LogP contribution in [-0.2, 0) is 6.42 Å². The number of benzene rings is 1. The molecular weight excluding hydrogens is 231 g/mol. The zero-order chi connectivity index (χ0) is 12.7. The third-order valence-corrected chi connectivity index (χ3v) is 2.23. The van der Waals surface area contributed by atoms with E-state index in [2.05, 4.69) is 10.1 Å². The van der Waals surface area contributed by atoms with E-state index in [1.807, 2.05) is 6.92 Å². The summed E-state index contributed by atoms with van der Waals surface area (Å²) >= 11 is 0. The number of alkyl halides is 3. The van der Waals surface area contributed by atoms with E-state index in [9.17, 15) is 13.2 Å². The number of rotatable bonds is 6. The van der Waals surface area contributed by atoms with Crippen molar-refractivity contribution in [2.45, 2.75) is 26.1 Å². The summed E-state index contributed by atoms with van der Waals surface area (Å²) in [6.45, 7) is 3.87. The summed E-state index contributed by atoms with van der Waals surface area (Å²) < 4.78 is 39.5. The molecular formula is C12H16F3NO. The summed E-state index contributed by atoms with van der Waals surface area (Å²) in [4.78, 5) is 0. The number of hydrogen-bond acceptors (Lipinski definition) is 2. The van der Waals surface area contributed by atoms with Crippen LogP contribution < -0.4 is 10.1 Å². The minimum Gasteiger partial charge on any atom is -0.406 e. The Morgan fingerprint density at radius 1 is 1.18 bits per heavy atom. The average molecular weight is 247 g/mol. The van der Waals surface area contributed by atoms with Gasteiger partial charge in [-0.1, -0.05) is 19.1 Å². The standard InChI is InChI=1S/C12H16F3NO/c1-2-16-9-3-4-10-5-7-11(8-6-10)17-12(13,14)15/h5-8,16H,2-4,9H2,1H3. The number of aryl methyl sites for hydroxylation is 1. The van der Waals surface area contributed by atoms with Gasteiger partial charge in [-0.3, -0.25) is 0 Å². The molecule has 96 valence electrons. The largest absolute Gasteiger partial charge is 0.573 e. The normalized spacial score (nSPS) is 11.5. The van der Waals surface area contributed by atoms with Gasteiger partial charge in [0, 0.05) is 0 Å². The second-order valence-electron chi connectivity index (χ2n) is 3.65. The zero-order valence-corrected chi connectivity index (χ0v) is 9.68. The highest BCUT2D eigenvalue weighted by atomic mass is 19.4. The van der Waals surface area contributed by atoms with E-state index < -0.39 is 6.36 Å². The summed E-state index contributed by atoms with van der Waals surface area (Å²) in [5.41, 5.74) is 1.01. The van der Waals surface area contributed by atoms with Crippen molar-refractivity contribution in [3.8, 4) is 5.75 Å². The second kappa shape index (κ2) is 6.49. The van der Waals surface area contributed by atoms with Crippen LogP contribution >= 0.6 is 0 Å². The minimum atomic E-state index is -4.62. The molecule has 0 unspecified atom stereocenters. The van der Waals surface area contributed by atoms with Crippen LogP contribution in [0.4, 0.5) is 13.2 Å². The van der Waals surface area contributed by atoms with Crippen LogP contribution in [0.5, 0.6) is 5.75 Å². The van der Waals surface area contributed by atoms with Crippen molar-refractivity contribution in [2.24, 2.45) is 0 Å². The molecule has 5 heteroatoms. The molecule has 0 aliphatic heterocycles. The van der Waals surface area contributed by atoms with E-state index in [0.29, 0.717) is 0 Å². The van der Waals surface area contributed by atoms with E-state index in [1.165, 1.54) is 12.1 Å². The smallest absolute Gasteiger partial charge is 0.406 e.